The van der Waals surface area contributed by atoms with Crippen molar-refractivity contribution in [1.29, 1.82) is 0 Å². The van der Waals surface area contributed by atoms with E-state index >= 15 is 0 Å². The third-order valence-corrected chi connectivity index (χ3v) is 6.35. The molecule has 2 rings (SSSR count). The third-order valence-electron chi connectivity index (χ3n) is 5.06. The first-order chi connectivity index (χ1) is 9.99. The predicted octanol–water partition coefficient (Wildman–Crippen LogP) is 4.43. The van der Waals surface area contributed by atoms with Crippen LogP contribution in [0.3, 0.4) is 0 Å². The van der Waals surface area contributed by atoms with E-state index in [2.05, 4.69) is 44.0 Å². The SMILES string of the molecule is CCC1(CC)CN(CCc2ccc(Cl)s2)C(C(C)C)CN1. The molecular formula is C17H29ClN2S. The summed E-state index contributed by atoms with van der Waals surface area (Å²) in [5, 5.41) is 3.84. The number of piperazine rings is 1. The fraction of sp³-hybridized carbons (Fsp3) is 0.765. The average Bonchev–Trinajstić information content (AvgIpc) is 2.90. The maximum absolute atomic E-state index is 6.05. The highest BCUT2D eigenvalue weighted by molar-refractivity contribution is 7.16. The minimum atomic E-state index is 0.304. The first-order valence-electron chi connectivity index (χ1n) is 8.23. The molecule has 0 bridgehead atoms. The second-order valence-corrected chi connectivity index (χ2v) is 8.41. The van der Waals surface area contributed by atoms with Crippen LogP contribution in [0, 0.1) is 5.92 Å². The van der Waals surface area contributed by atoms with Crippen LogP contribution in [0.15, 0.2) is 12.1 Å². The molecule has 1 saturated heterocycles. The molecule has 1 atom stereocenters. The van der Waals surface area contributed by atoms with Crippen LogP contribution in [-0.2, 0) is 6.42 Å². The summed E-state index contributed by atoms with van der Waals surface area (Å²) in [7, 11) is 0. The summed E-state index contributed by atoms with van der Waals surface area (Å²) in [6.45, 7) is 12.7. The van der Waals surface area contributed by atoms with Gasteiger partial charge in [-0.3, -0.25) is 4.90 Å². The monoisotopic (exact) mass is 328 g/mol. The number of rotatable bonds is 6. The van der Waals surface area contributed by atoms with E-state index in [4.69, 9.17) is 11.6 Å². The molecular weight excluding hydrogens is 300 g/mol. The molecule has 1 N–H and O–H groups in total. The topological polar surface area (TPSA) is 15.3 Å². The molecule has 0 aliphatic carbocycles. The first kappa shape index (κ1) is 17.3. The second-order valence-electron chi connectivity index (χ2n) is 6.61. The Morgan fingerprint density at radius 3 is 2.62 bits per heavy atom. The number of nitrogens with one attached hydrogen (secondary N) is 1. The molecule has 0 spiro atoms. The van der Waals surface area contributed by atoms with E-state index in [-0.39, 0.29) is 0 Å². The van der Waals surface area contributed by atoms with Crippen molar-refractivity contribution >= 4 is 22.9 Å². The summed E-state index contributed by atoms with van der Waals surface area (Å²) in [5.41, 5.74) is 0.304. The van der Waals surface area contributed by atoms with Crippen molar-refractivity contribution in [1.82, 2.24) is 10.2 Å². The highest BCUT2D eigenvalue weighted by Gasteiger charge is 2.37. The largest absolute Gasteiger partial charge is 0.308 e. The van der Waals surface area contributed by atoms with Gasteiger partial charge in [0.05, 0.1) is 4.34 Å². The number of hydrogen-bond donors (Lipinski definition) is 1. The molecule has 21 heavy (non-hydrogen) atoms. The van der Waals surface area contributed by atoms with Gasteiger partial charge in [0.15, 0.2) is 0 Å². The van der Waals surface area contributed by atoms with E-state index in [0.717, 1.165) is 23.8 Å². The molecule has 1 aromatic heterocycles. The van der Waals surface area contributed by atoms with Gasteiger partial charge in [0, 0.05) is 36.1 Å². The van der Waals surface area contributed by atoms with Crippen molar-refractivity contribution in [3.8, 4) is 0 Å². The number of hydrogen-bond acceptors (Lipinski definition) is 3. The lowest BCUT2D eigenvalue weighted by molar-refractivity contribution is 0.0516. The predicted molar refractivity (Wildman–Crippen MR) is 94.5 cm³/mol. The molecule has 1 aromatic rings. The van der Waals surface area contributed by atoms with Crippen LogP contribution < -0.4 is 5.32 Å². The highest BCUT2D eigenvalue weighted by atomic mass is 35.5. The lowest BCUT2D eigenvalue weighted by Crippen LogP contribution is -2.65. The molecule has 1 aliphatic heterocycles. The Balaban J connectivity index is 2.03. The van der Waals surface area contributed by atoms with Gasteiger partial charge in [-0.05, 0) is 37.3 Å². The molecule has 1 aliphatic rings. The maximum atomic E-state index is 6.05. The molecule has 4 heteroatoms. The van der Waals surface area contributed by atoms with E-state index in [1.165, 1.54) is 24.3 Å². The van der Waals surface area contributed by atoms with Crippen molar-refractivity contribution in [3.63, 3.8) is 0 Å². The molecule has 0 amide bonds. The molecule has 0 aromatic carbocycles. The summed E-state index contributed by atoms with van der Waals surface area (Å²) >= 11 is 7.77. The van der Waals surface area contributed by atoms with Gasteiger partial charge in [-0.2, -0.15) is 0 Å². The summed E-state index contributed by atoms with van der Waals surface area (Å²) in [5.74, 6) is 0.691. The number of halogens is 1. The van der Waals surface area contributed by atoms with E-state index in [0.29, 0.717) is 17.5 Å². The van der Waals surface area contributed by atoms with Crippen LogP contribution in [0.2, 0.25) is 4.34 Å². The molecule has 2 heterocycles. The van der Waals surface area contributed by atoms with Crippen molar-refractivity contribution in [2.45, 2.75) is 58.5 Å². The van der Waals surface area contributed by atoms with Crippen LogP contribution in [-0.4, -0.2) is 36.1 Å². The Hall–Kier alpha value is -0.0900. The minimum absolute atomic E-state index is 0.304. The van der Waals surface area contributed by atoms with Crippen LogP contribution in [0.25, 0.3) is 0 Å². The minimum Gasteiger partial charge on any atom is -0.308 e. The van der Waals surface area contributed by atoms with Gasteiger partial charge in [-0.1, -0.05) is 39.3 Å². The fourth-order valence-electron chi connectivity index (χ4n) is 3.38. The normalized spacial score (nSPS) is 22.9. The lowest BCUT2D eigenvalue weighted by Gasteiger charge is -2.49. The van der Waals surface area contributed by atoms with Gasteiger partial charge >= 0.3 is 0 Å². The van der Waals surface area contributed by atoms with Gasteiger partial charge in [0.2, 0.25) is 0 Å². The summed E-state index contributed by atoms with van der Waals surface area (Å²) in [6.07, 6.45) is 3.52. The summed E-state index contributed by atoms with van der Waals surface area (Å²) < 4.78 is 0.905. The maximum Gasteiger partial charge on any atom is 0.0931 e. The number of thiophene rings is 1. The Morgan fingerprint density at radius 1 is 1.38 bits per heavy atom. The van der Waals surface area contributed by atoms with Crippen molar-refractivity contribution < 1.29 is 0 Å². The Morgan fingerprint density at radius 2 is 2.10 bits per heavy atom. The molecule has 0 saturated carbocycles. The Labute approximate surface area is 138 Å². The van der Waals surface area contributed by atoms with Crippen molar-refractivity contribution in [2.75, 3.05) is 19.6 Å². The van der Waals surface area contributed by atoms with Crippen LogP contribution in [0.5, 0.6) is 0 Å². The quantitative estimate of drug-likeness (QED) is 0.831. The zero-order valence-electron chi connectivity index (χ0n) is 13.8. The number of nitrogens with zero attached hydrogens (tertiary/aromatic N) is 1. The van der Waals surface area contributed by atoms with Crippen LogP contribution in [0.4, 0.5) is 0 Å². The summed E-state index contributed by atoms with van der Waals surface area (Å²) in [6, 6.07) is 4.83. The first-order valence-corrected chi connectivity index (χ1v) is 9.42. The third kappa shape index (κ3) is 4.22. The molecule has 120 valence electrons. The standard InChI is InChI=1S/C17H29ClN2S/c1-5-17(6-2)12-20(15(11-19-17)13(3)4)10-9-14-7-8-16(18)21-14/h7-8,13,15,19H,5-6,9-12H2,1-4H3. The van der Waals surface area contributed by atoms with Gasteiger partial charge in [-0.25, -0.2) is 0 Å². The molecule has 2 nitrogen and oxygen atoms in total. The van der Waals surface area contributed by atoms with Gasteiger partial charge in [0.1, 0.15) is 0 Å². The van der Waals surface area contributed by atoms with Crippen LogP contribution in [0.1, 0.15) is 45.4 Å². The van der Waals surface area contributed by atoms with Gasteiger partial charge in [-0.15, -0.1) is 11.3 Å². The zero-order chi connectivity index (χ0) is 15.5. The van der Waals surface area contributed by atoms with E-state index in [1.54, 1.807) is 11.3 Å². The van der Waals surface area contributed by atoms with Crippen molar-refractivity contribution in [2.24, 2.45) is 5.92 Å². The fourth-order valence-corrected chi connectivity index (χ4v) is 4.45. The highest BCUT2D eigenvalue weighted by Crippen LogP contribution is 2.27. The smallest absolute Gasteiger partial charge is 0.0931 e. The molecule has 0 radical (unpaired) electrons. The van der Waals surface area contributed by atoms with Crippen molar-refractivity contribution in [3.05, 3.63) is 21.3 Å². The lowest BCUT2D eigenvalue weighted by atomic mass is 9.86. The molecule has 1 fully saturated rings. The van der Waals surface area contributed by atoms with E-state index in [9.17, 15) is 0 Å². The second kappa shape index (κ2) is 7.45. The van der Waals surface area contributed by atoms with Gasteiger partial charge in [0.25, 0.3) is 0 Å². The van der Waals surface area contributed by atoms with Gasteiger partial charge < -0.3 is 5.32 Å². The Bertz CT molecular complexity index is 440. The van der Waals surface area contributed by atoms with E-state index in [1.807, 2.05) is 6.07 Å². The Kier molecular flexibility index (Phi) is 6.13. The average molecular weight is 329 g/mol. The van der Waals surface area contributed by atoms with E-state index < -0.39 is 0 Å². The zero-order valence-corrected chi connectivity index (χ0v) is 15.4. The van der Waals surface area contributed by atoms with Crippen LogP contribution >= 0.6 is 22.9 Å². The summed E-state index contributed by atoms with van der Waals surface area (Å²) in [4.78, 5) is 4.11. The molecule has 1 unspecified atom stereocenters.